The molecule has 0 aromatic heterocycles. The Labute approximate surface area is 104 Å². The molecule has 1 aliphatic heterocycles. The second kappa shape index (κ2) is 4.91. The first-order valence-electron chi connectivity index (χ1n) is 5.62. The molecule has 1 heterocycles. The van der Waals surface area contributed by atoms with Gasteiger partial charge in [-0.25, -0.2) is 4.79 Å². The zero-order valence-electron chi connectivity index (χ0n) is 9.90. The van der Waals surface area contributed by atoms with Crippen LogP contribution in [0.4, 0.5) is 5.69 Å². The summed E-state index contributed by atoms with van der Waals surface area (Å²) in [6.07, 6.45) is -0.195. The summed E-state index contributed by atoms with van der Waals surface area (Å²) in [6.45, 7) is 1.86. The summed E-state index contributed by atoms with van der Waals surface area (Å²) >= 11 is 0. The minimum absolute atomic E-state index is 0.0145. The first-order valence-corrected chi connectivity index (χ1v) is 5.62. The van der Waals surface area contributed by atoms with Crippen molar-refractivity contribution in [1.82, 2.24) is 0 Å². The Kier molecular flexibility index (Phi) is 3.32. The fourth-order valence-corrected chi connectivity index (χ4v) is 1.79. The highest BCUT2D eigenvalue weighted by atomic mass is 16.5. The van der Waals surface area contributed by atoms with E-state index in [0.717, 1.165) is 0 Å². The summed E-state index contributed by atoms with van der Waals surface area (Å²) in [4.78, 5) is 23.3. The van der Waals surface area contributed by atoms with Gasteiger partial charge in [0.15, 0.2) is 0 Å². The number of aliphatic hydroxyl groups is 1. The number of hydrogen-bond donors (Lipinski definition) is 2. The van der Waals surface area contributed by atoms with E-state index in [2.05, 4.69) is 5.32 Å². The molecule has 0 atom stereocenters. The molecule has 0 unspecified atom stereocenters. The van der Waals surface area contributed by atoms with E-state index in [-0.39, 0.29) is 30.3 Å². The summed E-state index contributed by atoms with van der Waals surface area (Å²) in [5, 5.41) is 12.7. The number of para-hydroxylation sites is 1. The van der Waals surface area contributed by atoms with Gasteiger partial charge in [0, 0.05) is 5.56 Å². The molecule has 2 rings (SSSR count). The number of anilines is 1. The van der Waals surface area contributed by atoms with Crippen molar-refractivity contribution in [1.29, 1.82) is 0 Å². The van der Waals surface area contributed by atoms with Crippen molar-refractivity contribution in [3.05, 3.63) is 35.4 Å². The lowest BCUT2D eigenvalue weighted by atomic mass is 10.1. The van der Waals surface area contributed by atoms with E-state index in [1.165, 1.54) is 0 Å². The average molecular weight is 247 g/mol. The first-order chi connectivity index (χ1) is 8.63. The van der Waals surface area contributed by atoms with Crippen molar-refractivity contribution in [2.45, 2.75) is 13.3 Å². The smallest absolute Gasteiger partial charge is 0.338 e. The second-order valence-electron chi connectivity index (χ2n) is 3.82. The van der Waals surface area contributed by atoms with Crippen molar-refractivity contribution in [2.75, 3.05) is 11.9 Å². The molecule has 94 valence electrons. The molecule has 1 aliphatic rings. The van der Waals surface area contributed by atoms with Gasteiger partial charge in [0.05, 0.1) is 24.3 Å². The number of fused-ring (bicyclic) bond motifs is 1. The van der Waals surface area contributed by atoms with Gasteiger partial charge in [0.1, 0.15) is 5.76 Å². The molecule has 5 nitrogen and oxygen atoms in total. The Morgan fingerprint density at radius 1 is 1.44 bits per heavy atom. The maximum atomic E-state index is 11.7. The van der Waals surface area contributed by atoms with E-state index in [1.807, 2.05) is 0 Å². The molecule has 0 saturated heterocycles. The molecule has 0 fully saturated rings. The Balaban J connectivity index is 2.51. The zero-order chi connectivity index (χ0) is 13.1. The van der Waals surface area contributed by atoms with Gasteiger partial charge in [-0.2, -0.15) is 0 Å². The molecule has 18 heavy (non-hydrogen) atoms. The number of carbonyl (C=O) groups is 2. The molecule has 5 heteroatoms. The van der Waals surface area contributed by atoms with E-state index >= 15 is 0 Å². The van der Waals surface area contributed by atoms with Gasteiger partial charge < -0.3 is 15.2 Å². The second-order valence-corrected chi connectivity index (χ2v) is 3.82. The minimum Gasteiger partial charge on any atom is -0.507 e. The normalized spacial score (nSPS) is 14.6. The van der Waals surface area contributed by atoms with Crippen LogP contribution in [-0.4, -0.2) is 23.6 Å². The molecule has 0 spiro atoms. The standard InChI is InChI=1S/C13H13NO4/c1-2-18-13(17)9-7-11(15)14-10-6-4-3-5-8(10)12(9)16/h3-6,16H,2,7H2,1H3,(H,14,15). The Hall–Kier alpha value is -2.30. The average Bonchev–Trinajstić information content (AvgIpc) is 2.47. The molecule has 1 amide bonds. The van der Waals surface area contributed by atoms with Crippen LogP contribution < -0.4 is 5.32 Å². The van der Waals surface area contributed by atoms with E-state index in [9.17, 15) is 14.7 Å². The maximum Gasteiger partial charge on any atom is 0.338 e. The molecule has 0 radical (unpaired) electrons. The third kappa shape index (κ3) is 2.20. The van der Waals surface area contributed by atoms with Crippen molar-refractivity contribution in [2.24, 2.45) is 0 Å². The van der Waals surface area contributed by atoms with E-state index in [4.69, 9.17) is 4.74 Å². The Morgan fingerprint density at radius 2 is 2.17 bits per heavy atom. The fourth-order valence-electron chi connectivity index (χ4n) is 1.79. The van der Waals surface area contributed by atoms with Gasteiger partial charge in [-0.3, -0.25) is 4.79 Å². The lowest BCUT2D eigenvalue weighted by Crippen LogP contribution is -2.15. The van der Waals surface area contributed by atoms with Crippen LogP contribution in [0.5, 0.6) is 0 Å². The van der Waals surface area contributed by atoms with Gasteiger partial charge in [-0.05, 0) is 19.1 Å². The van der Waals surface area contributed by atoms with Crippen LogP contribution in [0.3, 0.4) is 0 Å². The molecule has 1 aromatic carbocycles. The summed E-state index contributed by atoms with van der Waals surface area (Å²) < 4.78 is 4.83. The summed E-state index contributed by atoms with van der Waals surface area (Å²) in [6, 6.07) is 6.75. The number of benzene rings is 1. The van der Waals surface area contributed by atoms with Crippen LogP contribution in [-0.2, 0) is 14.3 Å². The van der Waals surface area contributed by atoms with E-state index < -0.39 is 5.97 Å². The number of hydrogen-bond acceptors (Lipinski definition) is 4. The van der Waals surface area contributed by atoms with Gasteiger partial charge in [-0.1, -0.05) is 12.1 Å². The monoisotopic (exact) mass is 247 g/mol. The summed E-state index contributed by atoms with van der Waals surface area (Å²) in [5.41, 5.74) is 0.894. The van der Waals surface area contributed by atoms with Gasteiger partial charge in [0.2, 0.25) is 5.91 Å². The van der Waals surface area contributed by atoms with Gasteiger partial charge >= 0.3 is 5.97 Å². The largest absolute Gasteiger partial charge is 0.507 e. The van der Waals surface area contributed by atoms with Crippen LogP contribution >= 0.6 is 0 Å². The van der Waals surface area contributed by atoms with Crippen LogP contribution in [0.15, 0.2) is 29.8 Å². The minimum atomic E-state index is -0.665. The molecule has 1 aromatic rings. The van der Waals surface area contributed by atoms with Crippen LogP contribution in [0.1, 0.15) is 18.9 Å². The number of amides is 1. The van der Waals surface area contributed by atoms with Gasteiger partial charge in [0.25, 0.3) is 0 Å². The molecular formula is C13H13NO4. The molecule has 2 N–H and O–H groups in total. The highest BCUT2D eigenvalue weighted by Crippen LogP contribution is 2.29. The quantitative estimate of drug-likeness (QED) is 0.782. The predicted molar refractivity (Wildman–Crippen MR) is 65.9 cm³/mol. The highest BCUT2D eigenvalue weighted by molar-refractivity contribution is 6.08. The topological polar surface area (TPSA) is 75.6 Å². The first kappa shape index (κ1) is 12.2. The summed E-state index contributed by atoms with van der Waals surface area (Å²) in [7, 11) is 0. The fraction of sp³-hybridized carbons (Fsp3) is 0.231. The lowest BCUT2D eigenvalue weighted by molar-refractivity contribution is -0.139. The van der Waals surface area contributed by atoms with E-state index in [0.29, 0.717) is 11.3 Å². The molecular weight excluding hydrogens is 234 g/mol. The lowest BCUT2D eigenvalue weighted by Gasteiger charge is -2.07. The number of ether oxygens (including phenoxy) is 1. The van der Waals surface area contributed by atoms with Crippen molar-refractivity contribution in [3.8, 4) is 0 Å². The van der Waals surface area contributed by atoms with Crippen molar-refractivity contribution >= 4 is 23.3 Å². The van der Waals surface area contributed by atoms with Crippen LogP contribution in [0.25, 0.3) is 5.76 Å². The van der Waals surface area contributed by atoms with Gasteiger partial charge in [-0.15, -0.1) is 0 Å². The van der Waals surface area contributed by atoms with Crippen LogP contribution in [0.2, 0.25) is 0 Å². The zero-order valence-corrected chi connectivity index (χ0v) is 9.90. The van der Waals surface area contributed by atoms with Crippen molar-refractivity contribution in [3.63, 3.8) is 0 Å². The number of esters is 1. The number of nitrogens with one attached hydrogen (secondary N) is 1. The number of aliphatic hydroxyl groups excluding tert-OH is 1. The Morgan fingerprint density at radius 3 is 2.89 bits per heavy atom. The Bertz CT molecular complexity index is 534. The third-order valence-corrected chi connectivity index (χ3v) is 2.60. The SMILES string of the molecule is CCOC(=O)C1=C(O)c2ccccc2NC(=O)C1. The number of rotatable bonds is 2. The molecule has 0 saturated carbocycles. The number of carbonyl (C=O) groups excluding carboxylic acids is 2. The molecule has 0 aliphatic carbocycles. The molecule has 0 bridgehead atoms. The predicted octanol–water partition coefficient (Wildman–Crippen LogP) is 1.86. The van der Waals surface area contributed by atoms with Crippen molar-refractivity contribution < 1.29 is 19.4 Å². The maximum absolute atomic E-state index is 11.7. The highest BCUT2D eigenvalue weighted by Gasteiger charge is 2.26. The van der Waals surface area contributed by atoms with Crippen LogP contribution in [0, 0.1) is 0 Å². The van der Waals surface area contributed by atoms with E-state index in [1.54, 1.807) is 31.2 Å². The third-order valence-electron chi connectivity index (χ3n) is 2.60. The summed E-state index contributed by atoms with van der Waals surface area (Å²) in [5.74, 6) is -1.22.